The standard InChI is InChI=1S/C18H30FN5.HI/c1-21(2)18(22(3)4)20-10-7-11-23-12-14-24(15-13-23)17-9-6-5-8-16(17)19;/h5-6,8-9H,7,10-15H2,1-4H3;1H. The minimum atomic E-state index is -0.125. The molecule has 1 saturated heterocycles. The van der Waals surface area contributed by atoms with E-state index in [1.807, 2.05) is 50.1 Å². The summed E-state index contributed by atoms with van der Waals surface area (Å²) in [5.74, 6) is 0.875. The molecule has 25 heavy (non-hydrogen) atoms. The molecule has 7 heteroatoms. The molecule has 0 amide bonds. The minimum absolute atomic E-state index is 0. The zero-order valence-corrected chi connectivity index (χ0v) is 18.1. The van der Waals surface area contributed by atoms with Crippen LogP contribution in [0.3, 0.4) is 0 Å². The van der Waals surface area contributed by atoms with Gasteiger partial charge in [-0.05, 0) is 18.6 Å². The highest BCUT2D eigenvalue weighted by Gasteiger charge is 2.18. The van der Waals surface area contributed by atoms with Crippen LogP contribution in [0.4, 0.5) is 10.1 Å². The molecule has 0 saturated carbocycles. The third kappa shape index (κ3) is 6.62. The Balaban J connectivity index is 0.00000312. The molecule has 1 aromatic carbocycles. The van der Waals surface area contributed by atoms with E-state index < -0.39 is 0 Å². The summed E-state index contributed by atoms with van der Waals surface area (Å²) in [6.07, 6.45) is 1.05. The highest BCUT2D eigenvalue weighted by molar-refractivity contribution is 14.0. The van der Waals surface area contributed by atoms with Crippen LogP contribution in [-0.4, -0.2) is 88.1 Å². The number of piperazine rings is 1. The van der Waals surface area contributed by atoms with Crippen LogP contribution in [0.1, 0.15) is 6.42 Å². The van der Waals surface area contributed by atoms with Gasteiger partial charge >= 0.3 is 0 Å². The normalized spacial score (nSPS) is 14.7. The molecule has 0 bridgehead atoms. The second kappa shape index (κ2) is 10.8. The molecule has 1 aliphatic heterocycles. The smallest absolute Gasteiger partial charge is 0.195 e. The first-order valence-electron chi connectivity index (χ1n) is 8.60. The van der Waals surface area contributed by atoms with Crippen molar-refractivity contribution >= 4 is 35.6 Å². The predicted molar refractivity (Wildman–Crippen MR) is 115 cm³/mol. The Kier molecular flexibility index (Phi) is 9.48. The highest BCUT2D eigenvalue weighted by atomic mass is 127. The molecule has 0 aromatic heterocycles. The van der Waals surface area contributed by atoms with E-state index in [0.29, 0.717) is 0 Å². The van der Waals surface area contributed by atoms with Crippen molar-refractivity contribution in [2.45, 2.75) is 6.42 Å². The van der Waals surface area contributed by atoms with Crippen LogP contribution in [0.5, 0.6) is 0 Å². The van der Waals surface area contributed by atoms with Crippen molar-refractivity contribution in [1.29, 1.82) is 0 Å². The van der Waals surface area contributed by atoms with Crippen molar-refractivity contribution in [2.24, 2.45) is 4.99 Å². The number of hydrogen-bond acceptors (Lipinski definition) is 3. The molecule has 0 N–H and O–H groups in total. The lowest BCUT2D eigenvalue weighted by molar-refractivity contribution is 0.255. The summed E-state index contributed by atoms with van der Waals surface area (Å²) in [7, 11) is 8.06. The van der Waals surface area contributed by atoms with Gasteiger partial charge in [0.1, 0.15) is 5.82 Å². The van der Waals surface area contributed by atoms with Crippen LogP contribution >= 0.6 is 24.0 Å². The Morgan fingerprint density at radius 2 is 1.64 bits per heavy atom. The molecular weight excluding hydrogens is 432 g/mol. The topological polar surface area (TPSA) is 25.3 Å². The van der Waals surface area contributed by atoms with Crippen LogP contribution in [0.2, 0.25) is 0 Å². The lowest BCUT2D eigenvalue weighted by atomic mass is 10.2. The number of hydrogen-bond donors (Lipinski definition) is 0. The van der Waals surface area contributed by atoms with E-state index in [1.165, 1.54) is 6.07 Å². The van der Waals surface area contributed by atoms with Gasteiger partial charge in [-0.15, -0.1) is 24.0 Å². The Morgan fingerprint density at radius 3 is 2.20 bits per heavy atom. The second-order valence-corrected chi connectivity index (χ2v) is 6.60. The van der Waals surface area contributed by atoms with E-state index in [1.54, 1.807) is 6.07 Å². The van der Waals surface area contributed by atoms with E-state index in [2.05, 4.69) is 14.8 Å². The SMILES string of the molecule is CN(C)C(=NCCCN1CCN(c2ccccc2F)CC1)N(C)C.I. The van der Waals surface area contributed by atoms with Crippen LogP contribution in [0.15, 0.2) is 29.3 Å². The fraction of sp³-hybridized carbons (Fsp3) is 0.611. The van der Waals surface area contributed by atoms with E-state index in [4.69, 9.17) is 0 Å². The van der Waals surface area contributed by atoms with Crippen LogP contribution < -0.4 is 4.90 Å². The number of halogens is 2. The van der Waals surface area contributed by atoms with Gasteiger partial charge < -0.3 is 14.7 Å². The molecule has 0 aliphatic carbocycles. The molecule has 2 rings (SSSR count). The van der Waals surface area contributed by atoms with Crippen molar-refractivity contribution in [3.05, 3.63) is 30.1 Å². The third-order valence-electron chi connectivity index (χ3n) is 4.25. The molecule has 0 unspecified atom stereocenters. The van der Waals surface area contributed by atoms with E-state index >= 15 is 0 Å². The summed E-state index contributed by atoms with van der Waals surface area (Å²) in [6.45, 7) is 5.59. The maximum atomic E-state index is 13.8. The zero-order valence-electron chi connectivity index (χ0n) is 15.8. The number of guanidine groups is 1. The van der Waals surface area contributed by atoms with Gasteiger partial charge in [-0.2, -0.15) is 0 Å². The molecule has 0 radical (unpaired) electrons. The molecule has 1 heterocycles. The monoisotopic (exact) mass is 463 g/mol. The fourth-order valence-corrected chi connectivity index (χ4v) is 3.08. The number of nitrogens with zero attached hydrogens (tertiary/aromatic N) is 5. The predicted octanol–water partition coefficient (Wildman–Crippen LogP) is 2.44. The molecule has 0 atom stereocenters. The lowest BCUT2D eigenvalue weighted by Crippen LogP contribution is -2.47. The summed E-state index contributed by atoms with van der Waals surface area (Å²) in [5.41, 5.74) is 0.725. The van der Waals surface area contributed by atoms with Gasteiger partial charge in [0.15, 0.2) is 5.96 Å². The molecule has 142 valence electrons. The summed E-state index contributed by atoms with van der Waals surface area (Å²) in [4.78, 5) is 13.3. The third-order valence-corrected chi connectivity index (χ3v) is 4.25. The highest BCUT2D eigenvalue weighted by Crippen LogP contribution is 2.20. The molecular formula is C18H31FIN5. The van der Waals surface area contributed by atoms with E-state index in [9.17, 15) is 4.39 Å². The van der Waals surface area contributed by atoms with Crippen molar-refractivity contribution in [2.75, 3.05) is 72.4 Å². The molecule has 5 nitrogen and oxygen atoms in total. The lowest BCUT2D eigenvalue weighted by Gasteiger charge is -2.36. The average molecular weight is 463 g/mol. The summed E-state index contributed by atoms with van der Waals surface area (Å²) in [6, 6.07) is 7.04. The van der Waals surface area contributed by atoms with Gasteiger partial charge in [0.2, 0.25) is 0 Å². The minimum Gasteiger partial charge on any atom is -0.367 e. The van der Waals surface area contributed by atoms with E-state index in [-0.39, 0.29) is 29.8 Å². The van der Waals surface area contributed by atoms with Crippen molar-refractivity contribution < 1.29 is 4.39 Å². The summed E-state index contributed by atoms with van der Waals surface area (Å²) >= 11 is 0. The van der Waals surface area contributed by atoms with Crippen molar-refractivity contribution in [1.82, 2.24) is 14.7 Å². The quantitative estimate of drug-likeness (QED) is 0.290. The van der Waals surface area contributed by atoms with Gasteiger partial charge in [0.25, 0.3) is 0 Å². The van der Waals surface area contributed by atoms with Gasteiger partial charge in [-0.25, -0.2) is 4.39 Å². The molecule has 1 aliphatic rings. The molecule has 1 aromatic rings. The Bertz CT molecular complexity index is 532. The number of rotatable bonds is 5. The van der Waals surface area contributed by atoms with Crippen LogP contribution in [-0.2, 0) is 0 Å². The molecule has 0 spiro atoms. The number of benzene rings is 1. The maximum absolute atomic E-state index is 13.8. The second-order valence-electron chi connectivity index (χ2n) is 6.60. The Hall–Kier alpha value is -1.09. The first kappa shape index (κ1) is 22.0. The first-order chi connectivity index (χ1) is 11.5. The largest absolute Gasteiger partial charge is 0.367 e. The Labute approximate surface area is 168 Å². The molecule has 1 fully saturated rings. The van der Waals surface area contributed by atoms with Gasteiger partial charge in [0.05, 0.1) is 5.69 Å². The first-order valence-corrected chi connectivity index (χ1v) is 8.60. The van der Waals surface area contributed by atoms with Gasteiger partial charge in [-0.1, -0.05) is 12.1 Å². The van der Waals surface area contributed by atoms with Crippen molar-refractivity contribution in [3.8, 4) is 0 Å². The number of para-hydroxylation sites is 1. The van der Waals surface area contributed by atoms with Gasteiger partial charge in [0, 0.05) is 67.5 Å². The number of anilines is 1. The van der Waals surface area contributed by atoms with Crippen LogP contribution in [0.25, 0.3) is 0 Å². The van der Waals surface area contributed by atoms with Gasteiger partial charge in [-0.3, -0.25) is 9.89 Å². The zero-order chi connectivity index (χ0) is 17.5. The van der Waals surface area contributed by atoms with E-state index in [0.717, 1.165) is 57.3 Å². The average Bonchev–Trinajstić information content (AvgIpc) is 2.55. The number of aliphatic imine (C=N–C) groups is 1. The maximum Gasteiger partial charge on any atom is 0.195 e. The van der Waals surface area contributed by atoms with Crippen LogP contribution in [0, 0.1) is 5.82 Å². The summed E-state index contributed by atoms with van der Waals surface area (Å²) < 4.78 is 13.8. The Morgan fingerprint density at radius 1 is 1.04 bits per heavy atom. The summed E-state index contributed by atoms with van der Waals surface area (Å²) in [5, 5.41) is 0. The fourth-order valence-electron chi connectivity index (χ4n) is 3.08. The van der Waals surface area contributed by atoms with Crippen molar-refractivity contribution in [3.63, 3.8) is 0 Å².